The van der Waals surface area contributed by atoms with Crippen molar-refractivity contribution in [3.63, 3.8) is 0 Å². The number of thiazole rings is 1. The number of hydrogen-bond donors (Lipinski definition) is 0. The second kappa shape index (κ2) is 9.39. The van der Waals surface area contributed by atoms with Crippen molar-refractivity contribution >= 4 is 60.4 Å². The first kappa shape index (κ1) is 21.8. The Bertz CT molecular complexity index is 1420. The van der Waals surface area contributed by atoms with Gasteiger partial charge in [0.1, 0.15) is 16.7 Å². The van der Waals surface area contributed by atoms with Crippen LogP contribution in [0.4, 0.5) is 5.69 Å². The molecule has 4 rings (SSSR count). The zero-order chi connectivity index (χ0) is 22.7. The highest BCUT2D eigenvalue weighted by molar-refractivity contribution is 7.19. The molecule has 7 heteroatoms. The van der Waals surface area contributed by atoms with Gasteiger partial charge in [0, 0.05) is 30.2 Å². The summed E-state index contributed by atoms with van der Waals surface area (Å²) in [6.45, 7) is 5.88. The number of halogens is 1. The molecule has 0 saturated carbocycles. The topological polar surface area (TPSA) is 70.1 Å². The first-order valence-electron chi connectivity index (χ1n) is 10.2. The lowest BCUT2D eigenvalue weighted by Gasteiger charge is -2.21. The molecule has 0 unspecified atom stereocenters. The summed E-state index contributed by atoms with van der Waals surface area (Å²) < 4.78 is 6.55. The van der Waals surface area contributed by atoms with Gasteiger partial charge in [-0.15, -0.1) is 11.3 Å². The molecule has 0 aliphatic carbocycles. The number of anilines is 1. The van der Waals surface area contributed by atoms with E-state index in [0.717, 1.165) is 34.4 Å². The third-order valence-corrected chi connectivity index (χ3v) is 6.55. The van der Waals surface area contributed by atoms with E-state index in [1.807, 2.05) is 42.5 Å². The molecule has 160 valence electrons. The van der Waals surface area contributed by atoms with Gasteiger partial charge in [0.15, 0.2) is 0 Å². The molecule has 4 aromatic rings. The first-order chi connectivity index (χ1) is 15.5. The van der Waals surface area contributed by atoms with E-state index < -0.39 is 5.63 Å². The molecule has 2 heterocycles. The number of aromatic nitrogens is 1. The molecular formula is C25H20ClN3O2S. The fourth-order valence-electron chi connectivity index (χ4n) is 3.44. The predicted octanol–water partition coefficient (Wildman–Crippen LogP) is 6.44. The number of hydrogen-bond acceptors (Lipinski definition) is 6. The number of nitriles is 1. The summed E-state index contributed by atoms with van der Waals surface area (Å²) in [7, 11) is 0. The van der Waals surface area contributed by atoms with E-state index in [1.165, 1.54) is 17.4 Å². The Morgan fingerprint density at radius 2 is 1.97 bits per heavy atom. The molecule has 0 atom stereocenters. The van der Waals surface area contributed by atoms with Gasteiger partial charge >= 0.3 is 5.63 Å². The minimum atomic E-state index is -0.526. The molecule has 0 fully saturated rings. The molecule has 2 aromatic heterocycles. The Morgan fingerprint density at radius 3 is 2.69 bits per heavy atom. The van der Waals surface area contributed by atoms with Crippen molar-refractivity contribution in [3.05, 3.63) is 81.7 Å². The second-order valence-electron chi connectivity index (χ2n) is 7.04. The molecule has 0 bridgehead atoms. The summed E-state index contributed by atoms with van der Waals surface area (Å²) >= 11 is 7.86. The van der Waals surface area contributed by atoms with Gasteiger partial charge in [-0.2, -0.15) is 5.26 Å². The zero-order valence-corrected chi connectivity index (χ0v) is 19.2. The molecule has 0 aliphatic rings. The highest BCUT2D eigenvalue weighted by atomic mass is 35.5. The summed E-state index contributed by atoms with van der Waals surface area (Å²) in [5, 5.41) is 11.2. The average molecular weight is 462 g/mol. The Hall–Kier alpha value is -3.40. The van der Waals surface area contributed by atoms with E-state index in [9.17, 15) is 10.1 Å². The smallest absolute Gasteiger partial charge is 0.345 e. The summed E-state index contributed by atoms with van der Waals surface area (Å²) in [6, 6.07) is 17.3. The maximum atomic E-state index is 12.6. The van der Waals surface area contributed by atoms with Crippen LogP contribution in [-0.2, 0) is 0 Å². The van der Waals surface area contributed by atoms with Crippen molar-refractivity contribution < 1.29 is 4.42 Å². The largest absolute Gasteiger partial charge is 0.422 e. The van der Waals surface area contributed by atoms with Crippen LogP contribution in [-0.4, -0.2) is 18.1 Å². The molecule has 0 amide bonds. The Balaban J connectivity index is 1.69. The van der Waals surface area contributed by atoms with E-state index in [4.69, 9.17) is 16.0 Å². The van der Waals surface area contributed by atoms with Crippen LogP contribution in [0.3, 0.4) is 0 Å². The van der Waals surface area contributed by atoms with E-state index in [1.54, 1.807) is 12.1 Å². The van der Waals surface area contributed by atoms with E-state index in [2.05, 4.69) is 29.8 Å². The van der Waals surface area contributed by atoms with Crippen LogP contribution < -0.4 is 10.5 Å². The molecule has 0 aliphatic heterocycles. The molecule has 0 radical (unpaired) electrons. The maximum absolute atomic E-state index is 12.6. The monoisotopic (exact) mass is 461 g/mol. The lowest BCUT2D eigenvalue weighted by atomic mass is 10.1. The van der Waals surface area contributed by atoms with Crippen molar-refractivity contribution in [3.8, 4) is 6.07 Å². The molecular weight excluding hydrogens is 442 g/mol. The minimum Gasteiger partial charge on any atom is -0.422 e. The number of benzene rings is 2. The highest BCUT2D eigenvalue weighted by Crippen LogP contribution is 2.28. The summed E-state index contributed by atoms with van der Waals surface area (Å²) in [5.74, 6) is 0. The van der Waals surface area contributed by atoms with E-state index in [-0.39, 0.29) is 10.6 Å². The van der Waals surface area contributed by atoms with Gasteiger partial charge in [0.25, 0.3) is 0 Å². The molecule has 5 nitrogen and oxygen atoms in total. The lowest BCUT2D eigenvalue weighted by molar-refractivity contribution is 0.559. The molecule has 0 N–H and O–H groups in total. The van der Waals surface area contributed by atoms with Crippen LogP contribution in [0.5, 0.6) is 0 Å². The summed E-state index contributed by atoms with van der Waals surface area (Å²) in [4.78, 5) is 19.3. The van der Waals surface area contributed by atoms with Gasteiger partial charge in [0.05, 0.1) is 26.4 Å². The van der Waals surface area contributed by atoms with Gasteiger partial charge in [-0.25, -0.2) is 9.78 Å². The van der Waals surface area contributed by atoms with Crippen LogP contribution in [0, 0.1) is 11.3 Å². The summed E-state index contributed by atoms with van der Waals surface area (Å²) in [5.41, 5.74) is 2.43. The molecule has 32 heavy (non-hydrogen) atoms. The molecule has 2 aromatic carbocycles. The van der Waals surface area contributed by atoms with Gasteiger partial charge in [-0.1, -0.05) is 23.7 Å². The van der Waals surface area contributed by atoms with Gasteiger partial charge < -0.3 is 9.32 Å². The number of allylic oxidation sites excluding steroid dienone is 3. The van der Waals surface area contributed by atoms with Crippen molar-refractivity contribution in [2.45, 2.75) is 13.8 Å². The van der Waals surface area contributed by atoms with Crippen molar-refractivity contribution in [1.82, 2.24) is 4.98 Å². The Labute approximate surface area is 194 Å². The standard InChI is InChI=1S/C25H20ClN3O2S/c1-3-29(4-2)18-11-9-16-13-19(25(30)31-22(16)14-18)20(26)12-10-17(15-27)24-28-21-7-5-6-8-23(21)32-24/h5-14H,3-4H2,1-2H3/b17-10+,20-12-. The normalized spacial score (nSPS) is 12.3. The summed E-state index contributed by atoms with van der Waals surface area (Å²) in [6.07, 6.45) is 3.11. The number of para-hydroxylation sites is 1. The lowest BCUT2D eigenvalue weighted by Crippen LogP contribution is -2.21. The number of fused-ring (bicyclic) bond motifs is 2. The average Bonchev–Trinajstić information content (AvgIpc) is 3.23. The predicted molar refractivity (Wildman–Crippen MR) is 133 cm³/mol. The van der Waals surface area contributed by atoms with Crippen LogP contribution in [0.2, 0.25) is 0 Å². The first-order valence-corrected chi connectivity index (χ1v) is 11.4. The van der Waals surface area contributed by atoms with Gasteiger partial charge in [0.2, 0.25) is 0 Å². The Kier molecular flexibility index (Phi) is 6.40. The number of rotatable bonds is 6. The van der Waals surface area contributed by atoms with Crippen LogP contribution in [0.1, 0.15) is 24.4 Å². The van der Waals surface area contributed by atoms with E-state index >= 15 is 0 Å². The quantitative estimate of drug-likeness (QED) is 0.188. The molecule has 0 spiro atoms. The molecule has 0 saturated heterocycles. The van der Waals surface area contributed by atoms with Crippen molar-refractivity contribution in [1.29, 1.82) is 5.26 Å². The van der Waals surface area contributed by atoms with Crippen LogP contribution >= 0.6 is 22.9 Å². The van der Waals surface area contributed by atoms with Gasteiger partial charge in [-0.3, -0.25) is 0 Å². The second-order valence-corrected chi connectivity index (χ2v) is 8.47. The highest BCUT2D eigenvalue weighted by Gasteiger charge is 2.12. The van der Waals surface area contributed by atoms with Crippen molar-refractivity contribution in [2.75, 3.05) is 18.0 Å². The Morgan fingerprint density at radius 1 is 1.19 bits per heavy atom. The van der Waals surface area contributed by atoms with E-state index in [0.29, 0.717) is 16.2 Å². The minimum absolute atomic E-state index is 0.197. The maximum Gasteiger partial charge on any atom is 0.345 e. The fourth-order valence-corrected chi connectivity index (χ4v) is 4.58. The van der Waals surface area contributed by atoms with Crippen LogP contribution in [0.25, 0.3) is 31.8 Å². The van der Waals surface area contributed by atoms with Crippen LogP contribution in [0.15, 0.2) is 69.9 Å². The third-order valence-electron chi connectivity index (χ3n) is 5.15. The SMILES string of the molecule is CCN(CC)c1ccc2cc(/C(Cl)=C/C=C(\C#N)c3nc4ccccc4s3)c(=O)oc2c1. The van der Waals surface area contributed by atoms with Crippen molar-refractivity contribution in [2.24, 2.45) is 0 Å². The zero-order valence-electron chi connectivity index (χ0n) is 17.6. The van der Waals surface area contributed by atoms with Gasteiger partial charge in [-0.05, 0) is 56.3 Å². The third kappa shape index (κ3) is 4.31. The number of nitrogens with zero attached hydrogens (tertiary/aromatic N) is 3. The fraction of sp³-hybridized carbons (Fsp3) is 0.160.